The van der Waals surface area contributed by atoms with Gasteiger partial charge in [-0.25, -0.2) is 4.79 Å². The Labute approximate surface area is 259 Å². The van der Waals surface area contributed by atoms with Crippen molar-refractivity contribution in [2.75, 3.05) is 5.75 Å². The Kier molecular flexibility index (Phi) is 8.85. The van der Waals surface area contributed by atoms with Crippen LogP contribution in [-0.2, 0) is 20.7 Å². The number of ketones is 1. The SMILES string of the molecule is C[C@@](Cc1c[nH]c2ccccc12)(NC(=O)OC1C2CC3CC(C2)CC1C3)C(=O)CC[C@@H](NC(=O)CCS)c1ccccc1. The number of benzene rings is 2. The second-order valence-electron chi connectivity index (χ2n) is 13.3. The fourth-order valence-corrected chi connectivity index (χ4v) is 8.45. The van der Waals surface area contributed by atoms with E-state index in [1.54, 1.807) is 0 Å². The first-order chi connectivity index (χ1) is 20.8. The zero-order valence-corrected chi connectivity index (χ0v) is 25.8. The number of nitrogens with one attached hydrogen (secondary N) is 3. The summed E-state index contributed by atoms with van der Waals surface area (Å²) >= 11 is 4.20. The summed E-state index contributed by atoms with van der Waals surface area (Å²) in [7, 11) is 0. The molecule has 2 aromatic carbocycles. The molecule has 7 nitrogen and oxygen atoms in total. The minimum Gasteiger partial charge on any atom is -0.446 e. The number of hydrogen-bond donors (Lipinski definition) is 4. The molecule has 2 amide bonds. The van der Waals surface area contributed by atoms with Crippen LogP contribution in [0, 0.1) is 23.7 Å². The van der Waals surface area contributed by atoms with Crippen LogP contribution >= 0.6 is 12.6 Å². The van der Waals surface area contributed by atoms with Crippen molar-refractivity contribution in [3.63, 3.8) is 0 Å². The van der Waals surface area contributed by atoms with Gasteiger partial charge in [0.1, 0.15) is 11.6 Å². The highest BCUT2D eigenvalue weighted by molar-refractivity contribution is 7.80. The molecule has 0 saturated heterocycles. The summed E-state index contributed by atoms with van der Waals surface area (Å²) in [5.41, 5.74) is 1.70. The van der Waals surface area contributed by atoms with Crippen LogP contribution in [0.5, 0.6) is 0 Å². The standard InChI is InChI=1S/C35H43N3O4S/c1-35(20-27-21-36-30-10-6-5-9-28(27)30,38-34(41)42-33-25-16-22-15-23(18-25)19-26(33)17-22)31(39)12-11-29(37-32(40)13-14-43)24-7-3-2-4-8-24/h2-10,21-23,25-26,29,33,36,43H,11-20H2,1H3,(H,37,40)(H,38,41)/t22?,23?,25?,26?,29-,33?,35+/m1/s1. The topological polar surface area (TPSA) is 100 Å². The van der Waals surface area contributed by atoms with Crippen molar-refractivity contribution in [1.29, 1.82) is 0 Å². The third kappa shape index (κ3) is 6.64. The average Bonchev–Trinajstić information content (AvgIpc) is 3.39. The summed E-state index contributed by atoms with van der Waals surface area (Å²) in [4.78, 5) is 43.5. The largest absolute Gasteiger partial charge is 0.446 e. The number of thiol groups is 1. The summed E-state index contributed by atoms with van der Waals surface area (Å²) in [5, 5.41) is 7.16. The van der Waals surface area contributed by atoms with Gasteiger partial charge in [0.15, 0.2) is 5.78 Å². The molecule has 3 N–H and O–H groups in total. The van der Waals surface area contributed by atoms with Crippen LogP contribution in [0.4, 0.5) is 4.79 Å². The quantitative estimate of drug-likeness (QED) is 0.177. The lowest BCUT2D eigenvalue weighted by molar-refractivity contribution is -0.126. The molecule has 1 heterocycles. The van der Waals surface area contributed by atoms with Crippen LogP contribution in [0.2, 0.25) is 0 Å². The average molecular weight is 602 g/mol. The van der Waals surface area contributed by atoms with E-state index in [2.05, 4.69) is 28.2 Å². The first kappa shape index (κ1) is 29.8. The van der Waals surface area contributed by atoms with Crippen LogP contribution in [0.15, 0.2) is 60.8 Å². The lowest BCUT2D eigenvalue weighted by Gasteiger charge is -2.53. The Morgan fingerprint density at radius 3 is 2.33 bits per heavy atom. The van der Waals surface area contributed by atoms with Crippen LogP contribution in [0.1, 0.15) is 75.5 Å². The van der Waals surface area contributed by atoms with Gasteiger partial charge < -0.3 is 20.4 Å². The number of rotatable bonds is 12. The van der Waals surface area contributed by atoms with Gasteiger partial charge in [-0.05, 0) is 92.1 Å². The lowest BCUT2D eigenvalue weighted by atomic mass is 9.55. The van der Waals surface area contributed by atoms with E-state index in [4.69, 9.17) is 4.74 Å². The maximum atomic E-state index is 14.1. The number of H-pyrrole nitrogens is 1. The van der Waals surface area contributed by atoms with E-state index in [9.17, 15) is 14.4 Å². The zero-order chi connectivity index (χ0) is 30.0. The number of Topliss-reactive ketones (excluding diaryl/α,β-unsaturated/α-hetero) is 1. The number of aromatic amines is 1. The number of carbonyl (C=O) groups excluding carboxylic acids is 3. The monoisotopic (exact) mass is 601 g/mol. The van der Waals surface area contributed by atoms with Gasteiger partial charge in [0.25, 0.3) is 0 Å². The van der Waals surface area contributed by atoms with Crippen molar-refractivity contribution < 1.29 is 19.1 Å². The fraction of sp³-hybridized carbons (Fsp3) is 0.514. The molecule has 4 bridgehead atoms. The van der Waals surface area contributed by atoms with Crippen molar-refractivity contribution in [2.45, 2.75) is 82.4 Å². The maximum Gasteiger partial charge on any atom is 0.408 e. The van der Waals surface area contributed by atoms with E-state index in [0.717, 1.165) is 59.5 Å². The molecule has 4 aliphatic carbocycles. The Hall–Kier alpha value is -3.26. The molecule has 2 atom stereocenters. The zero-order valence-electron chi connectivity index (χ0n) is 24.9. The summed E-state index contributed by atoms with van der Waals surface area (Å²) in [5.74, 6) is 2.69. The van der Waals surface area contributed by atoms with Gasteiger partial charge in [-0.3, -0.25) is 9.59 Å². The summed E-state index contributed by atoms with van der Waals surface area (Å²) in [6.07, 6.45) is 8.51. The second kappa shape index (κ2) is 12.8. The third-order valence-electron chi connectivity index (χ3n) is 10.1. The van der Waals surface area contributed by atoms with Crippen LogP contribution in [-0.4, -0.2) is 40.2 Å². The van der Waals surface area contributed by atoms with E-state index in [-0.39, 0.29) is 30.3 Å². The number of carbonyl (C=O) groups is 3. The van der Waals surface area contributed by atoms with Crippen molar-refractivity contribution in [3.8, 4) is 0 Å². The number of alkyl carbamates (subject to hydrolysis) is 1. The van der Waals surface area contributed by atoms with Gasteiger partial charge in [-0.2, -0.15) is 12.6 Å². The number of aromatic nitrogens is 1. The maximum absolute atomic E-state index is 14.1. The van der Waals surface area contributed by atoms with Gasteiger partial charge in [-0.1, -0.05) is 48.5 Å². The molecule has 4 saturated carbocycles. The molecule has 0 unspecified atom stereocenters. The molecule has 4 fully saturated rings. The van der Waals surface area contributed by atoms with E-state index >= 15 is 0 Å². The van der Waals surface area contributed by atoms with Crippen molar-refractivity contribution in [1.82, 2.24) is 15.6 Å². The van der Waals surface area contributed by atoms with E-state index < -0.39 is 11.6 Å². The Morgan fingerprint density at radius 2 is 1.63 bits per heavy atom. The van der Waals surface area contributed by atoms with Crippen LogP contribution in [0.25, 0.3) is 10.9 Å². The molecule has 1 aromatic heterocycles. The molecule has 0 spiro atoms. The number of para-hydroxylation sites is 1. The predicted molar refractivity (Wildman–Crippen MR) is 171 cm³/mol. The highest BCUT2D eigenvalue weighted by Gasteiger charge is 2.50. The number of ether oxygens (including phenoxy) is 1. The van der Waals surface area contributed by atoms with Gasteiger partial charge >= 0.3 is 6.09 Å². The Bertz CT molecular complexity index is 1430. The van der Waals surface area contributed by atoms with Crippen LogP contribution in [0.3, 0.4) is 0 Å². The lowest BCUT2D eigenvalue weighted by Crippen LogP contribution is -2.56. The van der Waals surface area contributed by atoms with Gasteiger partial charge in [0.05, 0.1) is 6.04 Å². The first-order valence-electron chi connectivity index (χ1n) is 15.8. The highest BCUT2D eigenvalue weighted by Crippen LogP contribution is 2.54. The molecular weight excluding hydrogens is 558 g/mol. The minimum absolute atomic E-state index is 0.0651. The summed E-state index contributed by atoms with van der Waals surface area (Å²) in [6.45, 7) is 1.81. The third-order valence-corrected chi connectivity index (χ3v) is 10.4. The van der Waals surface area contributed by atoms with Crippen molar-refractivity contribution in [2.24, 2.45) is 23.7 Å². The molecule has 0 aliphatic heterocycles. The smallest absolute Gasteiger partial charge is 0.408 e. The minimum atomic E-state index is -1.19. The molecule has 3 aromatic rings. The number of hydrogen-bond acceptors (Lipinski definition) is 5. The molecule has 7 rings (SSSR count). The van der Waals surface area contributed by atoms with E-state index in [0.29, 0.717) is 36.9 Å². The van der Waals surface area contributed by atoms with Gasteiger partial charge in [0.2, 0.25) is 5.91 Å². The summed E-state index contributed by atoms with van der Waals surface area (Å²) < 4.78 is 6.18. The first-order valence-corrected chi connectivity index (χ1v) is 16.5. The molecule has 43 heavy (non-hydrogen) atoms. The molecule has 228 valence electrons. The van der Waals surface area contributed by atoms with Gasteiger partial charge in [0, 0.05) is 36.4 Å². The predicted octanol–water partition coefficient (Wildman–Crippen LogP) is 6.55. The molecular formula is C35H43N3O4S. The normalized spacial score (nSPS) is 26.0. The van der Waals surface area contributed by atoms with Gasteiger partial charge in [-0.15, -0.1) is 0 Å². The molecule has 0 radical (unpaired) electrons. The Balaban J connectivity index is 1.20. The Morgan fingerprint density at radius 1 is 0.953 bits per heavy atom. The molecule has 4 aliphatic rings. The summed E-state index contributed by atoms with van der Waals surface area (Å²) in [6, 6.07) is 17.4. The van der Waals surface area contributed by atoms with E-state index in [1.165, 1.54) is 6.42 Å². The fourth-order valence-electron chi connectivity index (χ4n) is 8.24. The van der Waals surface area contributed by atoms with Crippen molar-refractivity contribution >= 4 is 41.3 Å². The van der Waals surface area contributed by atoms with E-state index in [1.807, 2.05) is 67.7 Å². The number of fused-ring (bicyclic) bond motifs is 1. The molecule has 8 heteroatoms. The second-order valence-corrected chi connectivity index (χ2v) is 13.7. The van der Waals surface area contributed by atoms with Crippen molar-refractivity contribution in [3.05, 3.63) is 71.9 Å². The number of amides is 2. The highest BCUT2D eigenvalue weighted by atomic mass is 32.1. The van der Waals surface area contributed by atoms with Crippen LogP contribution < -0.4 is 10.6 Å².